The van der Waals surface area contributed by atoms with Crippen molar-refractivity contribution < 1.29 is 9.18 Å². The van der Waals surface area contributed by atoms with Crippen molar-refractivity contribution in [2.45, 2.75) is 26.9 Å². The molecule has 3 rings (SSSR count). The van der Waals surface area contributed by atoms with E-state index >= 15 is 0 Å². The Bertz CT molecular complexity index is 919. The first kappa shape index (κ1) is 17.1. The molecule has 2 heterocycles. The molecule has 0 aliphatic rings. The van der Waals surface area contributed by atoms with Gasteiger partial charge in [-0.15, -0.1) is 5.10 Å². The fourth-order valence-electron chi connectivity index (χ4n) is 2.36. The van der Waals surface area contributed by atoms with Gasteiger partial charge in [0, 0.05) is 5.56 Å². The average Bonchev–Trinajstić information content (AvgIpc) is 3.10. The molecule has 0 unspecified atom stereocenters. The van der Waals surface area contributed by atoms with Gasteiger partial charge < -0.3 is 0 Å². The monoisotopic (exact) mass is 362 g/mol. The lowest BCUT2D eigenvalue weighted by Crippen LogP contribution is -2.21. The van der Waals surface area contributed by atoms with E-state index in [9.17, 15) is 9.18 Å². The van der Waals surface area contributed by atoms with Crippen LogP contribution in [0, 0.1) is 19.7 Å². The molecule has 0 aliphatic carbocycles. The minimum Gasteiger partial charge on any atom is -0.292 e. The second-order valence-corrected chi connectivity index (χ2v) is 5.93. The summed E-state index contributed by atoms with van der Waals surface area (Å²) in [4.78, 5) is 16.1. The van der Waals surface area contributed by atoms with E-state index in [1.807, 2.05) is 0 Å². The van der Waals surface area contributed by atoms with Gasteiger partial charge in [0.15, 0.2) is 0 Å². The topological polar surface area (TPSA) is 77.6 Å². The molecule has 1 aromatic carbocycles. The second-order valence-electron chi connectivity index (χ2n) is 5.55. The molecule has 0 atom stereocenters. The number of nitrogens with one attached hydrogen (secondary N) is 1. The van der Waals surface area contributed by atoms with E-state index in [2.05, 4.69) is 20.5 Å². The van der Waals surface area contributed by atoms with Crippen LogP contribution in [0.2, 0.25) is 5.02 Å². The molecule has 0 radical (unpaired) electrons. The van der Waals surface area contributed by atoms with Gasteiger partial charge in [-0.3, -0.25) is 14.8 Å². The predicted molar refractivity (Wildman–Crippen MR) is 90.9 cm³/mol. The summed E-state index contributed by atoms with van der Waals surface area (Å²) in [6.07, 6.45) is 1.43. The number of hydrogen-bond acceptors (Lipinski definition) is 4. The Kier molecular flexibility index (Phi) is 4.80. The minimum absolute atomic E-state index is 0.00124. The smallest absolute Gasteiger partial charge is 0.248 e. The first-order chi connectivity index (χ1) is 11.9. The van der Waals surface area contributed by atoms with Crippen LogP contribution in [0.5, 0.6) is 0 Å². The van der Waals surface area contributed by atoms with Crippen molar-refractivity contribution in [3.63, 3.8) is 0 Å². The van der Waals surface area contributed by atoms with E-state index in [-0.39, 0.29) is 30.8 Å². The first-order valence-electron chi connectivity index (χ1n) is 7.56. The third kappa shape index (κ3) is 3.85. The molecule has 9 heteroatoms. The highest BCUT2D eigenvalue weighted by atomic mass is 35.5. The van der Waals surface area contributed by atoms with Crippen molar-refractivity contribution in [2.75, 3.05) is 5.32 Å². The van der Waals surface area contributed by atoms with Crippen LogP contribution in [0.25, 0.3) is 0 Å². The summed E-state index contributed by atoms with van der Waals surface area (Å²) in [6, 6.07) is 6.42. The Morgan fingerprint density at radius 1 is 1.28 bits per heavy atom. The third-order valence-electron chi connectivity index (χ3n) is 3.66. The Hall–Kier alpha value is -2.74. The van der Waals surface area contributed by atoms with Crippen molar-refractivity contribution in [3.05, 3.63) is 58.4 Å². The number of aryl methyl sites for hydroxylation is 1. The number of nitrogens with zero attached hydrogens (tertiary/aromatic N) is 5. The number of amides is 1. The molecule has 0 fully saturated rings. The highest BCUT2D eigenvalue weighted by Gasteiger charge is 2.13. The number of halogens is 2. The summed E-state index contributed by atoms with van der Waals surface area (Å²) in [5, 5.41) is 11.5. The van der Waals surface area contributed by atoms with Crippen molar-refractivity contribution in [2.24, 2.45) is 0 Å². The van der Waals surface area contributed by atoms with Gasteiger partial charge in [-0.25, -0.2) is 14.1 Å². The Labute approximate surface area is 148 Å². The molecule has 0 bridgehead atoms. The van der Waals surface area contributed by atoms with Crippen LogP contribution in [0.4, 0.5) is 10.3 Å². The number of carbonyl (C=O) groups is 1. The van der Waals surface area contributed by atoms with Crippen LogP contribution in [0.1, 0.15) is 17.0 Å². The molecule has 25 heavy (non-hydrogen) atoms. The maximum absolute atomic E-state index is 13.7. The van der Waals surface area contributed by atoms with E-state index in [1.165, 1.54) is 21.8 Å². The number of benzene rings is 1. The highest BCUT2D eigenvalue weighted by Crippen LogP contribution is 2.18. The number of anilines is 1. The number of aromatic nitrogens is 5. The third-order valence-corrected chi connectivity index (χ3v) is 4.21. The lowest BCUT2D eigenvalue weighted by Gasteiger charge is -2.04. The van der Waals surface area contributed by atoms with Gasteiger partial charge >= 0.3 is 0 Å². The summed E-state index contributed by atoms with van der Waals surface area (Å²) < 4.78 is 16.6. The van der Waals surface area contributed by atoms with Crippen LogP contribution >= 0.6 is 11.6 Å². The molecule has 1 N–H and O–H groups in total. The van der Waals surface area contributed by atoms with E-state index in [1.54, 1.807) is 32.0 Å². The molecule has 0 saturated heterocycles. The molecule has 7 nitrogen and oxygen atoms in total. The molecule has 0 saturated carbocycles. The zero-order valence-electron chi connectivity index (χ0n) is 13.7. The van der Waals surface area contributed by atoms with Crippen LogP contribution in [-0.4, -0.2) is 30.5 Å². The fourth-order valence-corrected chi connectivity index (χ4v) is 2.49. The van der Waals surface area contributed by atoms with Gasteiger partial charge in [-0.1, -0.05) is 29.8 Å². The van der Waals surface area contributed by atoms with Gasteiger partial charge in [0.2, 0.25) is 11.9 Å². The summed E-state index contributed by atoms with van der Waals surface area (Å²) in [6.45, 7) is 3.79. The molecule has 130 valence electrons. The molecule has 3 aromatic rings. The van der Waals surface area contributed by atoms with Gasteiger partial charge in [-0.2, -0.15) is 5.10 Å². The quantitative estimate of drug-likeness (QED) is 0.756. The summed E-state index contributed by atoms with van der Waals surface area (Å²) in [5.41, 5.74) is 1.87. The van der Waals surface area contributed by atoms with Crippen LogP contribution in [-0.2, 0) is 17.9 Å². The highest BCUT2D eigenvalue weighted by molar-refractivity contribution is 6.31. The number of rotatable bonds is 5. The van der Waals surface area contributed by atoms with E-state index < -0.39 is 0 Å². The Morgan fingerprint density at radius 2 is 2.04 bits per heavy atom. The van der Waals surface area contributed by atoms with Gasteiger partial charge in [0.05, 0.1) is 23.0 Å². The van der Waals surface area contributed by atoms with Crippen molar-refractivity contribution in [1.29, 1.82) is 0 Å². The van der Waals surface area contributed by atoms with E-state index in [0.717, 1.165) is 0 Å². The molecule has 0 aliphatic heterocycles. The molecule has 1 amide bonds. The SMILES string of the molecule is Cc1nn(CC(=O)Nc2ncn(Cc3ccccc3F)n2)c(C)c1Cl. The lowest BCUT2D eigenvalue weighted by molar-refractivity contribution is -0.117. The maximum Gasteiger partial charge on any atom is 0.248 e. The fraction of sp³-hybridized carbons (Fsp3) is 0.250. The molecular weight excluding hydrogens is 347 g/mol. The normalized spacial score (nSPS) is 10.9. The second kappa shape index (κ2) is 7.02. The Morgan fingerprint density at radius 3 is 2.72 bits per heavy atom. The number of hydrogen-bond donors (Lipinski definition) is 1. The zero-order valence-corrected chi connectivity index (χ0v) is 14.5. The van der Waals surface area contributed by atoms with Gasteiger partial charge in [0.1, 0.15) is 18.7 Å². The zero-order chi connectivity index (χ0) is 18.0. The maximum atomic E-state index is 13.7. The summed E-state index contributed by atoms with van der Waals surface area (Å²) >= 11 is 6.06. The summed E-state index contributed by atoms with van der Waals surface area (Å²) in [5.74, 6) is -0.495. The van der Waals surface area contributed by atoms with Crippen molar-refractivity contribution in [3.8, 4) is 0 Å². The lowest BCUT2D eigenvalue weighted by atomic mass is 10.2. The summed E-state index contributed by atoms with van der Waals surface area (Å²) in [7, 11) is 0. The van der Waals surface area contributed by atoms with Crippen LogP contribution < -0.4 is 5.32 Å². The minimum atomic E-state index is -0.328. The van der Waals surface area contributed by atoms with Crippen molar-refractivity contribution in [1.82, 2.24) is 24.5 Å². The van der Waals surface area contributed by atoms with E-state index in [4.69, 9.17) is 11.6 Å². The van der Waals surface area contributed by atoms with Gasteiger partial charge in [-0.05, 0) is 19.9 Å². The van der Waals surface area contributed by atoms with Crippen molar-refractivity contribution >= 4 is 23.5 Å². The molecule has 0 spiro atoms. The Balaban J connectivity index is 1.64. The van der Waals surface area contributed by atoms with Crippen LogP contribution in [0.15, 0.2) is 30.6 Å². The van der Waals surface area contributed by atoms with Gasteiger partial charge in [0.25, 0.3) is 0 Å². The first-order valence-corrected chi connectivity index (χ1v) is 7.94. The van der Waals surface area contributed by atoms with E-state index in [0.29, 0.717) is 22.0 Å². The standard InChI is InChI=1S/C16H16ClFN6O/c1-10-15(17)11(2)24(21-10)8-14(25)20-16-19-9-23(22-16)7-12-5-3-4-6-13(12)18/h3-6,9H,7-8H2,1-2H3,(H,20,22,25). The molecular formula is C16H16ClFN6O. The van der Waals surface area contributed by atoms with Crippen LogP contribution in [0.3, 0.4) is 0 Å². The number of carbonyl (C=O) groups excluding carboxylic acids is 1. The average molecular weight is 363 g/mol. The predicted octanol–water partition coefficient (Wildman–Crippen LogP) is 2.57. The molecule has 2 aromatic heterocycles. The largest absolute Gasteiger partial charge is 0.292 e.